The molecule has 2 aromatic heterocycles. The summed E-state index contributed by atoms with van der Waals surface area (Å²) >= 11 is 0. The molecule has 3 aromatic rings. The lowest BCUT2D eigenvalue weighted by Crippen LogP contribution is -2.33. The summed E-state index contributed by atoms with van der Waals surface area (Å²) < 4.78 is 11.3. The molecule has 4 rings (SSSR count). The number of rotatable bonds is 4. The van der Waals surface area contributed by atoms with E-state index < -0.39 is 6.04 Å². The third-order valence-electron chi connectivity index (χ3n) is 4.70. The van der Waals surface area contributed by atoms with E-state index in [4.69, 9.17) is 15.2 Å². The van der Waals surface area contributed by atoms with Crippen LogP contribution in [-0.4, -0.2) is 41.4 Å². The molecule has 0 spiro atoms. The third-order valence-corrected chi connectivity index (χ3v) is 4.70. The zero-order valence-corrected chi connectivity index (χ0v) is 15.9. The molecule has 1 unspecified atom stereocenters. The fourth-order valence-corrected chi connectivity index (χ4v) is 3.13. The second-order valence-electron chi connectivity index (χ2n) is 6.49. The van der Waals surface area contributed by atoms with Crippen molar-refractivity contribution in [1.29, 1.82) is 0 Å². The molecule has 3 heterocycles. The third kappa shape index (κ3) is 3.47. The summed E-state index contributed by atoms with van der Waals surface area (Å²) in [6.45, 7) is 0. The Morgan fingerprint density at radius 3 is 2.79 bits per heavy atom. The van der Waals surface area contributed by atoms with Crippen molar-refractivity contribution in [1.82, 2.24) is 14.9 Å². The topological polar surface area (TPSA) is 103 Å². The number of hydrogen-bond acceptors (Lipinski definition) is 6. The summed E-state index contributed by atoms with van der Waals surface area (Å²) in [6, 6.07) is 9.10. The normalized spacial score (nSPS) is 15.0. The van der Waals surface area contributed by atoms with E-state index in [9.17, 15) is 4.79 Å². The van der Waals surface area contributed by atoms with Crippen LogP contribution in [0.4, 0.5) is 0 Å². The van der Waals surface area contributed by atoms with Crippen LogP contribution >= 0.6 is 0 Å². The van der Waals surface area contributed by atoms with Crippen molar-refractivity contribution in [3.63, 3.8) is 0 Å². The summed E-state index contributed by atoms with van der Waals surface area (Å²) in [7, 11) is 3.15. The number of hydrogen-bond donors (Lipinski definition) is 1. The number of aromatic nitrogens is 2. The molecule has 8 nitrogen and oxygen atoms in total. The Balaban J connectivity index is 1.85. The smallest absolute Gasteiger partial charge is 0.216 e. The van der Waals surface area contributed by atoms with Gasteiger partial charge in [-0.25, -0.2) is 4.99 Å². The number of pyridine rings is 2. The molecule has 0 aliphatic carbocycles. The molecule has 1 atom stereocenters. The number of amides is 1. The molecule has 1 aliphatic rings. The number of nitrogens with zero attached hydrogens (tertiary/aromatic N) is 4. The van der Waals surface area contributed by atoms with Gasteiger partial charge in [-0.3, -0.25) is 19.7 Å². The van der Waals surface area contributed by atoms with Gasteiger partial charge in [-0.15, -0.1) is 0 Å². The average Bonchev–Trinajstić information content (AvgIpc) is 2.78. The first-order valence-electron chi connectivity index (χ1n) is 8.87. The van der Waals surface area contributed by atoms with Gasteiger partial charge in [0.05, 0.1) is 19.5 Å². The van der Waals surface area contributed by atoms with Crippen LogP contribution in [0.2, 0.25) is 0 Å². The molecule has 1 aliphatic heterocycles. The first-order valence-corrected chi connectivity index (χ1v) is 8.87. The standard InChI is InChI=1S/C21H19N5O3/c1-26(12-27)21(22)25-20-16-5-6-23-11-19(16)29-18-4-3-13(8-17(18)20)14-7-15(28-2)10-24-9-14/h3-12,20H,1-2H3,(H2,22,25). The Labute approximate surface area is 167 Å². The molecular formula is C21H19N5O3. The van der Waals surface area contributed by atoms with E-state index >= 15 is 0 Å². The molecule has 1 amide bonds. The molecule has 0 saturated carbocycles. The maximum absolute atomic E-state index is 11.1. The zero-order chi connectivity index (χ0) is 20.4. The number of ether oxygens (including phenoxy) is 2. The van der Waals surface area contributed by atoms with Crippen LogP contribution < -0.4 is 15.2 Å². The summed E-state index contributed by atoms with van der Waals surface area (Å²) in [5.41, 5.74) is 9.49. The van der Waals surface area contributed by atoms with Gasteiger partial charge in [0.15, 0.2) is 11.7 Å². The molecule has 146 valence electrons. The lowest BCUT2D eigenvalue weighted by atomic mass is 9.93. The van der Waals surface area contributed by atoms with Crippen LogP contribution in [0.25, 0.3) is 11.1 Å². The lowest BCUT2D eigenvalue weighted by Gasteiger charge is -2.26. The van der Waals surface area contributed by atoms with E-state index in [-0.39, 0.29) is 5.96 Å². The average molecular weight is 389 g/mol. The maximum atomic E-state index is 11.1. The van der Waals surface area contributed by atoms with Crippen molar-refractivity contribution in [3.05, 3.63) is 66.2 Å². The fraction of sp³-hybridized carbons (Fsp3) is 0.143. The molecule has 1 aromatic carbocycles. The maximum Gasteiger partial charge on any atom is 0.216 e. The molecule has 0 fully saturated rings. The van der Waals surface area contributed by atoms with Gasteiger partial charge in [-0.05, 0) is 29.8 Å². The molecule has 2 N–H and O–H groups in total. The number of fused-ring (bicyclic) bond motifs is 2. The van der Waals surface area contributed by atoms with Crippen LogP contribution in [0, 0.1) is 0 Å². The molecule has 8 heteroatoms. The molecular weight excluding hydrogens is 370 g/mol. The Kier molecular flexibility index (Phi) is 4.82. The number of aliphatic imine (C=N–C) groups is 1. The Morgan fingerprint density at radius 1 is 1.14 bits per heavy atom. The van der Waals surface area contributed by atoms with Crippen LogP contribution in [0.3, 0.4) is 0 Å². The largest absolute Gasteiger partial charge is 0.495 e. The first kappa shape index (κ1) is 18.4. The second kappa shape index (κ2) is 7.59. The number of nitrogens with two attached hydrogens (primary N) is 1. The quantitative estimate of drug-likeness (QED) is 0.418. The monoisotopic (exact) mass is 389 g/mol. The number of methoxy groups -OCH3 is 1. The van der Waals surface area contributed by atoms with Gasteiger partial charge in [-0.2, -0.15) is 0 Å². The van der Waals surface area contributed by atoms with Gasteiger partial charge in [0.1, 0.15) is 17.5 Å². The SMILES string of the molecule is COc1cncc(-c2ccc3c(c2)C(N=C(N)N(C)C=O)c2ccncc2O3)c1. The highest BCUT2D eigenvalue weighted by atomic mass is 16.5. The van der Waals surface area contributed by atoms with Crippen molar-refractivity contribution in [3.8, 4) is 28.4 Å². The summed E-state index contributed by atoms with van der Waals surface area (Å²) in [5, 5.41) is 0. The highest BCUT2D eigenvalue weighted by Crippen LogP contribution is 2.45. The Morgan fingerprint density at radius 2 is 2.00 bits per heavy atom. The minimum Gasteiger partial charge on any atom is -0.495 e. The highest BCUT2D eigenvalue weighted by molar-refractivity contribution is 5.87. The van der Waals surface area contributed by atoms with Gasteiger partial charge >= 0.3 is 0 Å². The zero-order valence-electron chi connectivity index (χ0n) is 15.9. The fourth-order valence-electron chi connectivity index (χ4n) is 3.13. The van der Waals surface area contributed by atoms with Gasteiger partial charge in [0, 0.05) is 36.1 Å². The van der Waals surface area contributed by atoms with Gasteiger partial charge < -0.3 is 15.2 Å². The van der Waals surface area contributed by atoms with Gasteiger partial charge in [0.25, 0.3) is 0 Å². The van der Waals surface area contributed by atoms with E-state index in [1.165, 1.54) is 4.90 Å². The van der Waals surface area contributed by atoms with E-state index in [0.29, 0.717) is 23.7 Å². The molecule has 29 heavy (non-hydrogen) atoms. The van der Waals surface area contributed by atoms with E-state index in [1.807, 2.05) is 30.3 Å². The van der Waals surface area contributed by atoms with Gasteiger partial charge in [0.2, 0.25) is 6.41 Å². The molecule has 0 radical (unpaired) electrons. The molecule has 0 bridgehead atoms. The number of benzene rings is 1. The summed E-state index contributed by atoms with van der Waals surface area (Å²) in [6.07, 6.45) is 7.34. The highest BCUT2D eigenvalue weighted by Gasteiger charge is 2.28. The summed E-state index contributed by atoms with van der Waals surface area (Å²) in [4.78, 5) is 25.3. The van der Waals surface area contributed by atoms with Crippen LogP contribution in [0.15, 0.2) is 60.1 Å². The van der Waals surface area contributed by atoms with Gasteiger partial charge in [-0.1, -0.05) is 6.07 Å². The van der Waals surface area contributed by atoms with Crippen molar-refractivity contribution < 1.29 is 14.3 Å². The van der Waals surface area contributed by atoms with E-state index in [0.717, 1.165) is 22.3 Å². The van der Waals surface area contributed by atoms with Crippen LogP contribution in [-0.2, 0) is 4.79 Å². The predicted octanol–water partition coefficient (Wildman–Crippen LogP) is 2.75. The number of carbonyl (C=O) groups is 1. The summed E-state index contributed by atoms with van der Waals surface area (Å²) in [5.74, 6) is 2.03. The number of carbonyl (C=O) groups excluding carboxylic acids is 1. The minimum absolute atomic E-state index is 0.106. The lowest BCUT2D eigenvalue weighted by molar-refractivity contribution is -0.114. The van der Waals surface area contributed by atoms with Crippen molar-refractivity contribution in [2.24, 2.45) is 10.7 Å². The van der Waals surface area contributed by atoms with Crippen molar-refractivity contribution in [2.45, 2.75) is 6.04 Å². The van der Waals surface area contributed by atoms with Crippen molar-refractivity contribution in [2.75, 3.05) is 14.2 Å². The second-order valence-corrected chi connectivity index (χ2v) is 6.49. The number of guanidine groups is 1. The van der Waals surface area contributed by atoms with Crippen LogP contribution in [0.5, 0.6) is 17.2 Å². The van der Waals surface area contributed by atoms with Crippen LogP contribution in [0.1, 0.15) is 17.2 Å². The Hall–Kier alpha value is -3.94. The minimum atomic E-state index is -0.447. The van der Waals surface area contributed by atoms with Crippen molar-refractivity contribution >= 4 is 12.4 Å². The first-order chi connectivity index (χ1) is 14.1. The molecule has 0 saturated heterocycles. The Bertz CT molecular complexity index is 1100. The van der Waals surface area contributed by atoms with E-state index in [1.54, 1.807) is 38.9 Å². The van der Waals surface area contributed by atoms with E-state index in [2.05, 4.69) is 15.0 Å². The predicted molar refractivity (Wildman–Crippen MR) is 108 cm³/mol.